The third-order valence-electron chi connectivity index (χ3n) is 2.87. The minimum atomic E-state index is 0.468. The van der Waals surface area contributed by atoms with E-state index in [0.29, 0.717) is 6.61 Å². The molecule has 2 rings (SSSR count). The van der Waals surface area contributed by atoms with Crippen molar-refractivity contribution in [3.05, 3.63) is 39.8 Å². The van der Waals surface area contributed by atoms with E-state index in [-0.39, 0.29) is 0 Å². The highest BCUT2D eigenvalue weighted by Crippen LogP contribution is 2.28. The molecule has 0 aliphatic rings. The van der Waals surface area contributed by atoms with Crippen molar-refractivity contribution in [2.45, 2.75) is 32.1 Å². The largest absolute Gasteiger partial charge is 0.493 e. The first-order valence-electron chi connectivity index (χ1n) is 6.62. The Balaban J connectivity index is 2.07. The lowest BCUT2D eigenvalue weighted by molar-refractivity contribution is 0.284. The van der Waals surface area contributed by atoms with E-state index in [1.165, 1.54) is 4.88 Å². The van der Waals surface area contributed by atoms with Crippen molar-refractivity contribution in [3.63, 3.8) is 0 Å². The Morgan fingerprint density at radius 3 is 2.65 bits per heavy atom. The summed E-state index contributed by atoms with van der Waals surface area (Å²) in [6.07, 6.45) is 2.10. The first-order valence-corrected chi connectivity index (χ1v) is 8.07. The lowest BCUT2D eigenvalue weighted by Gasteiger charge is -2.08. The van der Waals surface area contributed by atoms with E-state index in [4.69, 9.17) is 9.47 Å². The van der Waals surface area contributed by atoms with Crippen molar-refractivity contribution in [1.82, 2.24) is 4.98 Å². The number of rotatable bonds is 7. The number of thiol groups is 1. The van der Waals surface area contributed by atoms with Crippen LogP contribution in [0.25, 0.3) is 0 Å². The van der Waals surface area contributed by atoms with Gasteiger partial charge in [-0.1, -0.05) is 25.5 Å². The number of hydrogen-bond donors (Lipinski definition) is 1. The van der Waals surface area contributed by atoms with Crippen LogP contribution in [0.2, 0.25) is 0 Å². The molecule has 2 aromatic rings. The second kappa shape index (κ2) is 7.55. The van der Waals surface area contributed by atoms with Crippen molar-refractivity contribution >= 4 is 24.0 Å². The van der Waals surface area contributed by atoms with Crippen LogP contribution in [0.5, 0.6) is 11.5 Å². The molecule has 0 saturated carbocycles. The zero-order valence-corrected chi connectivity index (χ0v) is 13.5. The molecule has 0 fully saturated rings. The Labute approximate surface area is 129 Å². The maximum atomic E-state index is 5.80. The average Bonchev–Trinajstić information content (AvgIpc) is 2.88. The second-order valence-corrected chi connectivity index (χ2v) is 5.81. The molecular weight excluding hydrogens is 290 g/mol. The number of hydrogen-bond acceptors (Lipinski definition) is 5. The van der Waals surface area contributed by atoms with Gasteiger partial charge in [-0.05, 0) is 18.6 Å². The molecule has 0 bridgehead atoms. The minimum Gasteiger partial charge on any atom is -0.493 e. The zero-order valence-electron chi connectivity index (χ0n) is 11.8. The highest BCUT2D eigenvalue weighted by molar-refractivity contribution is 7.79. The monoisotopic (exact) mass is 309 g/mol. The summed E-state index contributed by atoms with van der Waals surface area (Å²) >= 11 is 6.04. The third kappa shape index (κ3) is 3.67. The summed E-state index contributed by atoms with van der Waals surface area (Å²) in [5.74, 6) is 2.23. The Morgan fingerprint density at radius 1 is 1.25 bits per heavy atom. The van der Waals surface area contributed by atoms with Gasteiger partial charge in [-0.15, -0.1) is 11.3 Å². The van der Waals surface area contributed by atoms with E-state index < -0.39 is 0 Å². The molecule has 20 heavy (non-hydrogen) atoms. The molecule has 1 aromatic heterocycles. The molecule has 0 amide bonds. The normalized spacial score (nSPS) is 10.6. The molecule has 0 aliphatic carbocycles. The number of aromatic nitrogens is 1. The van der Waals surface area contributed by atoms with E-state index in [1.54, 1.807) is 18.4 Å². The summed E-state index contributed by atoms with van der Waals surface area (Å²) in [6, 6.07) is 7.65. The van der Waals surface area contributed by atoms with Gasteiger partial charge in [0.1, 0.15) is 11.6 Å². The van der Waals surface area contributed by atoms with Gasteiger partial charge in [-0.25, -0.2) is 4.98 Å². The number of nitrogens with zero attached hydrogens (tertiary/aromatic N) is 1. The predicted molar refractivity (Wildman–Crippen MR) is 86.1 cm³/mol. The smallest absolute Gasteiger partial charge is 0.161 e. The molecule has 0 aliphatic heterocycles. The molecule has 0 atom stereocenters. The van der Waals surface area contributed by atoms with Gasteiger partial charge in [0.25, 0.3) is 0 Å². The first kappa shape index (κ1) is 15.2. The zero-order chi connectivity index (χ0) is 14.4. The fraction of sp³-hybridized carbons (Fsp3) is 0.400. The summed E-state index contributed by atoms with van der Waals surface area (Å²) in [5.41, 5.74) is 1.16. The Morgan fingerprint density at radius 2 is 2.00 bits per heavy atom. The Kier molecular flexibility index (Phi) is 5.73. The number of aryl methyl sites for hydroxylation is 1. The summed E-state index contributed by atoms with van der Waals surface area (Å²) < 4.78 is 11.1. The van der Waals surface area contributed by atoms with Gasteiger partial charge < -0.3 is 9.47 Å². The summed E-state index contributed by atoms with van der Waals surface area (Å²) in [7, 11) is 1.64. The molecule has 1 aromatic carbocycles. The molecule has 0 spiro atoms. The van der Waals surface area contributed by atoms with E-state index in [2.05, 4.69) is 24.5 Å². The minimum absolute atomic E-state index is 0.468. The molecule has 0 radical (unpaired) electrons. The molecule has 3 nitrogen and oxygen atoms in total. The van der Waals surface area contributed by atoms with Crippen molar-refractivity contribution in [1.29, 1.82) is 0 Å². The number of para-hydroxylation sites is 2. The summed E-state index contributed by atoms with van der Waals surface area (Å²) in [4.78, 5) is 5.89. The lowest BCUT2D eigenvalue weighted by Crippen LogP contribution is -1.97. The predicted octanol–water partition coefficient (Wildman–Crippen LogP) is 4.11. The Bertz CT molecular complexity index is 555. The van der Waals surface area contributed by atoms with Crippen LogP contribution in [0.4, 0.5) is 0 Å². The van der Waals surface area contributed by atoms with E-state index >= 15 is 0 Å². The SMILES string of the molecule is CCCc1nc(COc2ccccc2OC)sc1CS. The van der Waals surface area contributed by atoms with Crippen LogP contribution in [-0.2, 0) is 18.8 Å². The third-order valence-corrected chi connectivity index (χ3v) is 4.47. The highest BCUT2D eigenvalue weighted by Gasteiger charge is 2.11. The summed E-state index contributed by atoms with van der Waals surface area (Å²) in [6.45, 7) is 2.63. The molecule has 1 heterocycles. The van der Waals surface area contributed by atoms with Crippen LogP contribution in [0.1, 0.15) is 28.9 Å². The van der Waals surface area contributed by atoms with Gasteiger partial charge >= 0.3 is 0 Å². The molecule has 0 N–H and O–H groups in total. The standard InChI is InChI=1S/C15H19NO2S2/c1-3-6-11-14(10-19)20-15(16-11)9-18-13-8-5-4-7-12(13)17-2/h4-5,7-8,19H,3,6,9-10H2,1-2H3. The lowest BCUT2D eigenvalue weighted by atomic mass is 10.2. The van der Waals surface area contributed by atoms with Gasteiger partial charge in [0.15, 0.2) is 11.5 Å². The maximum Gasteiger partial charge on any atom is 0.161 e. The molecule has 108 valence electrons. The van der Waals surface area contributed by atoms with Crippen LogP contribution in [-0.4, -0.2) is 12.1 Å². The van der Waals surface area contributed by atoms with Gasteiger partial charge in [-0.2, -0.15) is 12.6 Å². The quantitative estimate of drug-likeness (QED) is 0.781. The highest BCUT2D eigenvalue weighted by atomic mass is 32.1. The fourth-order valence-electron chi connectivity index (χ4n) is 1.93. The number of ether oxygens (including phenoxy) is 2. The topological polar surface area (TPSA) is 31.4 Å². The van der Waals surface area contributed by atoms with Crippen LogP contribution < -0.4 is 9.47 Å². The van der Waals surface area contributed by atoms with E-state index in [1.807, 2.05) is 24.3 Å². The van der Waals surface area contributed by atoms with E-state index in [0.717, 1.165) is 40.8 Å². The second-order valence-electron chi connectivity index (χ2n) is 4.33. The van der Waals surface area contributed by atoms with Crippen molar-refractivity contribution in [3.8, 4) is 11.5 Å². The first-order chi connectivity index (χ1) is 9.78. The van der Waals surface area contributed by atoms with Crippen LogP contribution in [0.3, 0.4) is 0 Å². The summed E-state index contributed by atoms with van der Waals surface area (Å²) in [5, 5.41) is 0.989. The van der Waals surface area contributed by atoms with E-state index in [9.17, 15) is 0 Å². The van der Waals surface area contributed by atoms with Gasteiger partial charge in [-0.3, -0.25) is 0 Å². The molecule has 5 heteroatoms. The fourth-order valence-corrected chi connectivity index (χ4v) is 3.20. The van der Waals surface area contributed by atoms with Crippen molar-refractivity contribution in [2.24, 2.45) is 0 Å². The molecule has 0 unspecified atom stereocenters. The molecular formula is C15H19NO2S2. The van der Waals surface area contributed by atoms with Gasteiger partial charge in [0, 0.05) is 10.6 Å². The van der Waals surface area contributed by atoms with Crippen LogP contribution in [0.15, 0.2) is 24.3 Å². The average molecular weight is 309 g/mol. The van der Waals surface area contributed by atoms with Crippen molar-refractivity contribution in [2.75, 3.05) is 7.11 Å². The number of benzene rings is 1. The maximum absolute atomic E-state index is 5.80. The Hall–Kier alpha value is -1.20. The van der Waals surface area contributed by atoms with Gasteiger partial charge in [0.05, 0.1) is 12.8 Å². The van der Waals surface area contributed by atoms with Crippen LogP contribution in [0, 0.1) is 0 Å². The molecule has 0 saturated heterocycles. The van der Waals surface area contributed by atoms with Gasteiger partial charge in [0.2, 0.25) is 0 Å². The number of thiazole rings is 1. The van der Waals surface area contributed by atoms with Crippen molar-refractivity contribution < 1.29 is 9.47 Å². The van der Waals surface area contributed by atoms with Crippen LogP contribution >= 0.6 is 24.0 Å². The number of methoxy groups -OCH3 is 1.